The minimum absolute atomic E-state index is 0.0344. The Labute approximate surface area is 70.5 Å². The molecule has 0 aromatic heterocycles. The average molecular weight is 178 g/mol. The standard InChI is InChI=1S/C6H10O4S/c1-8-6(7)5(4-11)3-10-9-2/h4,11H,3H2,1-2H3/b5-4-. The van der Waals surface area contributed by atoms with Gasteiger partial charge < -0.3 is 4.74 Å². The monoisotopic (exact) mass is 178 g/mol. The normalized spacial score (nSPS) is 11.4. The summed E-state index contributed by atoms with van der Waals surface area (Å²) in [6.45, 7) is 0.0344. The minimum Gasteiger partial charge on any atom is -0.466 e. The highest BCUT2D eigenvalue weighted by Crippen LogP contribution is 2.00. The van der Waals surface area contributed by atoms with Crippen molar-refractivity contribution in [1.29, 1.82) is 0 Å². The second-order valence-electron chi connectivity index (χ2n) is 1.57. The lowest BCUT2D eigenvalue weighted by Crippen LogP contribution is -2.09. The van der Waals surface area contributed by atoms with Gasteiger partial charge in [-0.25, -0.2) is 14.6 Å². The van der Waals surface area contributed by atoms with Crippen molar-refractivity contribution in [2.75, 3.05) is 20.8 Å². The first kappa shape index (κ1) is 10.5. The van der Waals surface area contributed by atoms with Crippen LogP contribution >= 0.6 is 12.6 Å². The molecule has 0 aliphatic carbocycles. The Hall–Kier alpha value is -0.520. The zero-order valence-corrected chi connectivity index (χ0v) is 7.26. The molecule has 0 unspecified atom stereocenters. The number of carbonyl (C=O) groups is 1. The largest absolute Gasteiger partial charge is 0.466 e. The molecule has 0 amide bonds. The van der Waals surface area contributed by atoms with Crippen LogP contribution in [0.2, 0.25) is 0 Å². The number of carbonyl (C=O) groups excluding carboxylic acids is 1. The Morgan fingerprint density at radius 1 is 1.55 bits per heavy atom. The molecule has 0 bridgehead atoms. The summed E-state index contributed by atoms with van der Waals surface area (Å²) in [5, 5.41) is 1.31. The number of hydrogen-bond donors (Lipinski definition) is 1. The second kappa shape index (κ2) is 6.21. The Morgan fingerprint density at radius 3 is 2.55 bits per heavy atom. The molecule has 0 aliphatic heterocycles. The van der Waals surface area contributed by atoms with Gasteiger partial charge in [0.1, 0.15) is 6.61 Å². The van der Waals surface area contributed by atoms with Gasteiger partial charge in [-0.05, 0) is 5.41 Å². The molecule has 0 rings (SSSR count). The summed E-state index contributed by atoms with van der Waals surface area (Å²) >= 11 is 3.78. The summed E-state index contributed by atoms with van der Waals surface area (Å²) in [6, 6.07) is 0. The van der Waals surface area contributed by atoms with Crippen LogP contribution in [-0.2, 0) is 19.3 Å². The predicted octanol–water partition coefficient (Wildman–Crippen LogP) is 0.551. The third-order valence-corrected chi connectivity index (χ3v) is 1.25. The van der Waals surface area contributed by atoms with Crippen molar-refractivity contribution in [3.63, 3.8) is 0 Å². The van der Waals surface area contributed by atoms with E-state index in [1.807, 2.05) is 0 Å². The van der Waals surface area contributed by atoms with Gasteiger partial charge >= 0.3 is 5.97 Å². The average Bonchev–Trinajstić information content (AvgIpc) is 2.05. The van der Waals surface area contributed by atoms with Gasteiger partial charge in [0.15, 0.2) is 0 Å². The molecular formula is C6H10O4S. The van der Waals surface area contributed by atoms with Crippen LogP contribution in [0, 0.1) is 0 Å². The Balaban J connectivity index is 3.87. The first-order valence-corrected chi connectivity index (χ1v) is 3.35. The zero-order chi connectivity index (χ0) is 8.69. The highest BCUT2D eigenvalue weighted by Gasteiger charge is 2.08. The van der Waals surface area contributed by atoms with Crippen molar-refractivity contribution in [2.24, 2.45) is 0 Å². The van der Waals surface area contributed by atoms with Crippen LogP contribution in [-0.4, -0.2) is 26.8 Å². The summed E-state index contributed by atoms with van der Waals surface area (Å²) in [5.41, 5.74) is 0.303. The summed E-state index contributed by atoms with van der Waals surface area (Å²) in [4.78, 5) is 19.6. The van der Waals surface area contributed by atoms with Gasteiger partial charge in [-0.3, -0.25) is 0 Å². The molecule has 0 aliphatic rings. The van der Waals surface area contributed by atoms with Gasteiger partial charge in [0.05, 0.1) is 19.8 Å². The summed E-state index contributed by atoms with van der Waals surface area (Å²) in [6.07, 6.45) is 0. The van der Waals surface area contributed by atoms with Crippen molar-refractivity contribution < 1.29 is 19.3 Å². The van der Waals surface area contributed by atoms with Crippen LogP contribution in [0.4, 0.5) is 0 Å². The van der Waals surface area contributed by atoms with Crippen LogP contribution in [0.1, 0.15) is 0 Å². The van der Waals surface area contributed by atoms with Crippen LogP contribution in [0.3, 0.4) is 0 Å². The van der Waals surface area contributed by atoms with E-state index in [9.17, 15) is 4.79 Å². The van der Waals surface area contributed by atoms with Gasteiger partial charge in [-0.1, -0.05) is 0 Å². The Kier molecular flexibility index (Phi) is 5.91. The van der Waals surface area contributed by atoms with Crippen molar-refractivity contribution in [3.05, 3.63) is 11.0 Å². The Morgan fingerprint density at radius 2 is 2.18 bits per heavy atom. The maximum absolute atomic E-state index is 10.8. The fourth-order valence-corrected chi connectivity index (χ4v) is 0.582. The first-order chi connectivity index (χ1) is 5.26. The third kappa shape index (κ3) is 4.02. The van der Waals surface area contributed by atoms with Crippen molar-refractivity contribution in [1.82, 2.24) is 0 Å². The van der Waals surface area contributed by atoms with E-state index < -0.39 is 5.97 Å². The molecular weight excluding hydrogens is 168 g/mol. The van der Waals surface area contributed by atoms with E-state index in [1.54, 1.807) is 0 Å². The summed E-state index contributed by atoms with van der Waals surface area (Å²) in [7, 11) is 2.64. The number of thiol groups is 1. The topological polar surface area (TPSA) is 44.8 Å². The predicted molar refractivity (Wildman–Crippen MR) is 42.0 cm³/mol. The summed E-state index contributed by atoms with van der Waals surface area (Å²) in [5.74, 6) is -0.475. The third-order valence-electron chi connectivity index (χ3n) is 0.936. The van der Waals surface area contributed by atoms with E-state index >= 15 is 0 Å². The van der Waals surface area contributed by atoms with E-state index in [1.165, 1.54) is 19.6 Å². The molecule has 0 fully saturated rings. The van der Waals surface area contributed by atoms with Crippen LogP contribution in [0.25, 0.3) is 0 Å². The summed E-state index contributed by atoms with van der Waals surface area (Å²) < 4.78 is 4.41. The quantitative estimate of drug-likeness (QED) is 0.224. The minimum atomic E-state index is -0.475. The molecule has 0 spiro atoms. The molecule has 4 nitrogen and oxygen atoms in total. The van der Waals surface area contributed by atoms with Gasteiger partial charge in [0, 0.05) is 0 Å². The molecule has 5 heteroatoms. The van der Waals surface area contributed by atoms with E-state index in [0.717, 1.165) is 0 Å². The number of rotatable bonds is 4. The van der Waals surface area contributed by atoms with Crippen molar-refractivity contribution >= 4 is 18.6 Å². The Bertz CT molecular complexity index is 155. The molecule has 64 valence electrons. The fourth-order valence-electron chi connectivity index (χ4n) is 0.402. The lowest BCUT2D eigenvalue weighted by atomic mass is 10.3. The molecule has 0 heterocycles. The molecule has 0 saturated carbocycles. The van der Waals surface area contributed by atoms with Gasteiger partial charge in [-0.15, -0.1) is 0 Å². The van der Waals surface area contributed by atoms with Gasteiger partial charge in [0.25, 0.3) is 0 Å². The van der Waals surface area contributed by atoms with Crippen LogP contribution in [0.5, 0.6) is 0 Å². The van der Waals surface area contributed by atoms with E-state index in [-0.39, 0.29) is 6.61 Å². The molecule has 0 aromatic carbocycles. The SMILES string of the molecule is COOC/C(=C/S)C(=O)OC. The smallest absolute Gasteiger partial charge is 0.336 e. The molecule has 0 atom stereocenters. The van der Waals surface area contributed by atoms with Gasteiger partial charge in [-0.2, -0.15) is 12.6 Å². The highest BCUT2D eigenvalue weighted by molar-refractivity contribution is 7.83. The molecule has 11 heavy (non-hydrogen) atoms. The van der Waals surface area contributed by atoms with Crippen LogP contribution in [0.15, 0.2) is 11.0 Å². The molecule has 0 radical (unpaired) electrons. The lowest BCUT2D eigenvalue weighted by molar-refractivity contribution is -0.265. The number of ether oxygens (including phenoxy) is 1. The van der Waals surface area contributed by atoms with Crippen molar-refractivity contribution in [3.8, 4) is 0 Å². The number of hydrogen-bond acceptors (Lipinski definition) is 5. The number of methoxy groups -OCH3 is 1. The highest BCUT2D eigenvalue weighted by atomic mass is 32.1. The second-order valence-corrected chi connectivity index (χ2v) is 1.83. The first-order valence-electron chi connectivity index (χ1n) is 2.83. The molecule has 0 N–H and O–H groups in total. The van der Waals surface area contributed by atoms with Crippen LogP contribution < -0.4 is 0 Å². The molecule has 0 aromatic rings. The maximum Gasteiger partial charge on any atom is 0.336 e. The van der Waals surface area contributed by atoms with E-state index in [2.05, 4.69) is 27.1 Å². The zero-order valence-electron chi connectivity index (χ0n) is 6.36. The lowest BCUT2D eigenvalue weighted by Gasteiger charge is -2.02. The maximum atomic E-state index is 10.8. The van der Waals surface area contributed by atoms with E-state index in [0.29, 0.717) is 5.57 Å². The molecule has 0 saturated heterocycles. The van der Waals surface area contributed by atoms with Gasteiger partial charge in [0.2, 0.25) is 0 Å². The van der Waals surface area contributed by atoms with Crippen molar-refractivity contribution in [2.45, 2.75) is 0 Å². The number of esters is 1. The van der Waals surface area contributed by atoms with E-state index in [4.69, 9.17) is 0 Å². The fraction of sp³-hybridized carbons (Fsp3) is 0.500.